The van der Waals surface area contributed by atoms with Gasteiger partial charge in [0.05, 0.1) is 0 Å². The van der Waals surface area contributed by atoms with Crippen molar-refractivity contribution < 1.29 is 4.74 Å². The second kappa shape index (κ2) is 7.38. The van der Waals surface area contributed by atoms with E-state index >= 15 is 0 Å². The molecule has 2 N–H and O–H groups in total. The summed E-state index contributed by atoms with van der Waals surface area (Å²) in [5.41, 5.74) is 6.41. The maximum Gasteiger partial charge on any atom is 0.0471 e. The molecule has 0 spiro atoms. The monoisotopic (exact) mass is 241 g/mol. The largest absolute Gasteiger partial charge is 0.381 e. The van der Waals surface area contributed by atoms with Crippen molar-refractivity contribution in [1.82, 2.24) is 0 Å². The van der Waals surface area contributed by atoms with Gasteiger partial charge in [0.1, 0.15) is 0 Å². The summed E-state index contributed by atoms with van der Waals surface area (Å²) in [6.45, 7) is 9.50. The molecule has 0 aliphatic heterocycles. The van der Waals surface area contributed by atoms with E-state index in [4.69, 9.17) is 10.5 Å². The number of rotatable bonds is 7. The van der Waals surface area contributed by atoms with Gasteiger partial charge in [-0.15, -0.1) is 0 Å². The van der Waals surface area contributed by atoms with Crippen LogP contribution in [-0.2, 0) is 4.74 Å². The molecule has 1 fully saturated rings. The highest BCUT2D eigenvalue weighted by molar-refractivity contribution is 4.87. The molecule has 0 unspecified atom stereocenters. The van der Waals surface area contributed by atoms with Crippen LogP contribution in [0.1, 0.15) is 59.3 Å². The average molecular weight is 241 g/mol. The number of hydrogen-bond acceptors (Lipinski definition) is 2. The van der Waals surface area contributed by atoms with E-state index in [9.17, 15) is 0 Å². The van der Waals surface area contributed by atoms with Gasteiger partial charge < -0.3 is 10.5 Å². The first-order valence-corrected chi connectivity index (χ1v) is 7.41. The van der Waals surface area contributed by atoms with Gasteiger partial charge in [0.15, 0.2) is 0 Å². The van der Waals surface area contributed by atoms with E-state index in [0.717, 1.165) is 44.4 Å². The summed E-state index contributed by atoms with van der Waals surface area (Å²) in [6.07, 6.45) is 7.62. The zero-order valence-electron chi connectivity index (χ0n) is 12.0. The molecule has 0 saturated heterocycles. The first-order chi connectivity index (χ1) is 8.13. The maximum atomic E-state index is 6.02. The Morgan fingerprint density at radius 2 is 1.88 bits per heavy atom. The third-order valence-electron chi connectivity index (χ3n) is 4.59. The van der Waals surface area contributed by atoms with Gasteiger partial charge in [0.25, 0.3) is 0 Å². The minimum atomic E-state index is 0.388. The molecule has 17 heavy (non-hydrogen) atoms. The smallest absolute Gasteiger partial charge is 0.0471 e. The molecule has 0 aromatic carbocycles. The normalized spacial score (nSPS) is 29.8. The van der Waals surface area contributed by atoms with Gasteiger partial charge in [0.2, 0.25) is 0 Å². The van der Waals surface area contributed by atoms with Gasteiger partial charge in [-0.25, -0.2) is 0 Å². The molecule has 0 radical (unpaired) electrons. The van der Waals surface area contributed by atoms with Gasteiger partial charge in [-0.2, -0.15) is 0 Å². The molecule has 2 nitrogen and oxygen atoms in total. The Balaban J connectivity index is 2.33. The van der Waals surface area contributed by atoms with Gasteiger partial charge in [-0.1, -0.05) is 20.8 Å². The summed E-state index contributed by atoms with van der Waals surface area (Å²) in [4.78, 5) is 0. The number of hydrogen-bond donors (Lipinski definition) is 1. The summed E-state index contributed by atoms with van der Waals surface area (Å²) < 4.78 is 5.63. The molecule has 0 heterocycles. The Bertz CT molecular complexity index is 195. The van der Waals surface area contributed by atoms with E-state index in [1.165, 1.54) is 25.7 Å². The molecular formula is C15H31NO. The first kappa shape index (κ1) is 15.0. The molecule has 0 amide bonds. The van der Waals surface area contributed by atoms with Crippen molar-refractivity contribution >= 4 is 0 Å². The van der Waals surface area contributed by atoms with Crippen LogP contribution in [0.4, 0.5) is 0 Å². The fourth-order valence-corrected chi connectivity index (χ4v) is 3.01. The molecule has 102 valence electrons. The first-order valence-electron chi connectivity index (χ1n) is 7.41. The third kappa shape index (κ3) is 4.59. The minimum Gasteiger partial charge on any atom is -0.381 e. The van der Waals surface area contributed by atoms with E-state index in [1.807, 2.05) is 0 Å². The summed E-state index contributed by atoms with van der Waals surface area (Å²) in [7, 11) is 0. The van der Waals surface area contributed by atoms with Crippen molar-refractivity contribution in [1.29, 1.82) is 0 Å². The van der Waals surface area contributed by atoms with Crippen molar-refractivity contribution in [3.8, 4) is 0 Å². The zero-order valence-corrected chi connectivity index (χ0v) is 12.0. The molecular weight excluding hydrogens is 210 g/mol. The van der Waals surface area contributed by atoms with E-state index < -0.39 is 0 Å². The Morgan fingerprint density at radius 1 is 1.24 bits per heavy atom. The Labute approximate surface area is 107 Å². The molecule has 1 aliphatic carbocycles. The predicted octanol–water partition coefficient (Wildman–Crippen LogP) is 3.59. The lowest BCUT2D eigenvalue weighted by Gasteiger charge is -2.40. The third-order valence-corrected chi connectivity index (χ3v) is 4.59. The summed E-state index contributed by atoms with van der Waals surface area (Å²) in [5.74, 6) is 1.76. The highest BCUT2D eigenvalue weighted by Crippen LogP contribution is 2.42. The van der Waals surface area contributed by atoms with Crippen LogP contribution in [0.3, 0.4) is 0 Å². The molecule has 0 atom stereocenters. The van der Waals surface area contributed by atoms with Crippen LogP contribution in [0.15, 0.2) is 0 Å². The number of nitrogens with two attached hydrogens (primary N) is 1. The van der Waals surface area contributed by atoms with E-state index in [-0.39, 0.29) is 0 Å². The predicted molar refractivity (Wildman–Crippen MR) is 74.0 cm³/mol. The fourth-order valence-electron chi connectivity index (χ4n) is 3.01. The maximum absolute atomic E-state index is 6.02. The van der Waals surface area contributed by atoms with Crippen LogP contribution in [0.25, 0.3) is 0 Å². The Morgan fingerprint density at radius 3 is 2.35 bits per heavy atom. The van der Waals surface area contributed by atoms with Crippen LogP contribution < -0.4 is 5.73 Å². The lowest BCUT2D eigenvalue weighted by molar-refractivity contribution is 0.0614. The second-order valence-corrected chi connectivity index (χ2v) is 6.15. The SMILES string of the molecule is CCCOCCC1(CN)CCC(C(C)C)CC1. The van der Waals surface area contributed by atoms with Gasteiger partial charge >= 0.3 is 0 Å². The molecule has 1 saturated carbocycles. The van der Waals surface area contributed by atoms with Gasteiger partial charge in [-0.05, 0) is 62.3 Å². The van der Waals surface area contributed by atoms with Crippen LogP contribution >= 0.6 is 0 Å². The van der Waals surface area contributed by atoms with Gasteiger partial charge in [0, 0.05) is 13.2 Å². The van der Waals surface area contributed by atoms with Crippen molar-refractivity contribution in [2.75, 3.05) is 19.8 Å². The van der Waals surface area contributed by atoms with Crippen molar-refractivity contribution in [3.05, 3.63) is 0 Å². The lowest BCUT2D eigenvalue weighted by atomic mass is 9.66. The van der Waals surface area contributed by atoms with E-state index in [2.05, 4.69) is 20.8 Å². The molecule has 1 rings (SSSR count). The van der Waals surface area contributed by atoms with Crippen molar-refractivity contribution in [2.24, 2.45) is 23.0 Å². The van der Waals surface area contributed by atoms with Crippen LogP contribution in [0.2, 0.25) is 0 Å². The highest BCUT2D eigenvalue weighted by atomic mass is 16.5. The molecule has 2 heteroatoms. The Kier molecular flexibility index (Phi) is 6.50. The van der Waals surface area contributed by atoms with E-state index in [0.29, 0.717) is 5.41 Å². The zero-order chi connectivity index (χ0) is 12.7. The van der Waals surface area contributed by atoms with E-state index in [1.54, 1.807) is 0 Å². The molecule has 0 bridgehead atoms. The minimum absolute atomic E-state index is 0.388. The van der Waals surface area contributed by atoms with Crippen LogP contribution in [0, 0.1) is 17.3 Å². The molecule has 1 aliphatic rings. The van der Waals surface area contributed by atoms with Crippen molar-refractivity contribution in [2.45, 2.75) is 59.3 Å². The standard InChI is InChI=1S/C15H31NO/c1-4-10-17-11-9-15(12-16)7-5-14(6-8-15)13(2)3/h13-14H,4-12,16H2,1-3H3. The summed E-state index contributed by atoms with van der Waals surface area (Å²) >= 11 is 0. The van der Waals surface area contributed by atoms with Crippen molar-refractivity contribution in [3.63, 3.8) is 0 Å². The quantitative estimate of drug-likeness (QED) is 0.691. The molecule has 0 aromatic heterocycles. The summed E-state index contributed by atoms with van der Waals surface area (Å²) in [6, 6.07) is 0. The fraction of sp³-hybridized carbons (Fsp3) is 1.00. The van der Waals surface area contributed by atoms with Crippen LogP contribution in [0.5, 0.6) is 0 Å². The molecule has 0 aromatic rings. The van der Waals surface area contributed by atoms with Gasteiger partial charge in [-0.3, -0.25) is 0 Å². The average Bonchev–Trinajstić information content (AvgIpc) is 2.35. The lowest BCUT2D eigenvalue weighted by Crippen LogP contribution is -2.36. The Hall–Kier alpha value is -0.0800. The summed E-state index contributed by atoms with van der Waals surface area (Å²) in [5, 5.41) is 0. The number of ether oxygens (including phenoxy) is 1. The second-order valence-electron chi connectivity index (χ2n) is 6.15. The highest BCUT2D eigenvalue weighted by Gasteiger charge is 2.34. The van der Waals surface area contributed by atoms with Crippen LogP contribution in [-0.4, -0.2) is 19.8 Å². The topological polar surface area (TPSA) is 35.2 Å².